The second-order valence-electron chi connectivity index (χ2n) is 6.24. The van der Waals surface area contributed by atoms with Gasteiger partial charge in [-0.15, -0.1) is 0 Å². The lowest BCUT2D eigenvalue weighted by Gasteiger charge is -2.13. The second-order valence-corrected chi connectivity index (χ2v) is 6.24. The lowest BCUT2D eigenvalue weighted by atomic mass is 10.0. The zero-order valence-electron chi connectivity index (χ0n) is 16.0. The van der Waals surface area contributed by atoms with Crippen LogP contribution in [0.15, 0.2) is 54.6 Å². The first-order valence-electron chi connectivity index (χ1n) is 8.65. The second kappa shape index (κ2) is 9.41. The SMILES string of the molecule is COc1ccc(CNc2ccc(C)c(C)c2)c2ccccc12.O=C(O)C(=O)O. The van der Waals surface area contributed by atoms with Crippen molar-refractivity contribution in [3.05, 3.63) is 71.3 Å². The summed E-state index contributed by atoms with van der Waals surface area (Å²) >= 11 is 0. The quantitative estimate of drug-likeness (QED) is 0.585. The van der Waals surface area contributed by atoms with E-state index in [1.54, 1.807) is 7.11 Å². The maximum atomic E-state index is 9.10. The van der Waals surface area contributed by atoms with Gasteiger partial charge in [0, 0.05) is 17.6 Å². The van der Waals surface area contributed by atoms with E-state index in [9.17, 15) is 0 Å². The molecule has 0 heterocycles. The predicted molar refractivity (Wildman–Crippen MR) is 109 cm³/mol. The largest absolute Gasteiger partial charge is 0.496 e. The van der Waals surface area contributed by atoms with E-state index in [0.717, 1.165) is 23.4 Å². The Balaban J connectivity index is 0.000000409. The minimum Gasteiger partial charge on any atom is -0.496 e. The van der Waals surface area contributed by atoms with Gasteiger partial charge in [0.1, 0.15) is 5.75 Å². The molecule has 0 amide bonds. The van der Waals surface area contributed by atoms with Crippen molar-refractivity contribution in [2.75, 3.05) is 12.4 Å². The van der Waals surface area contributed by atoms with Crippen LogP contribution in [0.5, 0.6) is 5.75 Å². The molecule has 0 aliphatic carbocycles. The number of methoxy groups -OCH3 is 1. The Kier molecular flexibility index (Phi) is 6.98. The monoisotopic (exact) mass is 381 g/mol. The number of carboxylic acids is 2. The van der Waals surface area contributed by atoms with Gasteiger partial charge in [-0.3, -0.25) is 0 Å². The Hall–Kier alpha value is -3.54. The minimum atomic E-state index is -1.82. The average Bonchev–Trinajstić information content (AvgIpc) is 2.69. The Morgan fingerprint density at radius 3 is 2.11 bits per heavy atom. The fraction of sp³-hybridized carbons (Fsp3) is 0.182. The standard InChI is InChI=1S/C20H21NO.C2H2O4/c1-14-8-10-17(12-15(14)2)21-13-16-9-11-20(22-3)19-7-5-4-6-18(16)19;3-1(4)2(5)6/h4-12,21H,13H2,1-3H3;(H,3,4)(H,5,6). The van der Waals surface area contributed by atoms with Crippen molar-refractivity contribution in [1.29, 1.82) is 0 Å². The number of rotatable bonds is 4. The van der Waals surface area contributed by atoms with Crippen LogP contribution in [-0.2, 0) is 16.1 Å². The topological polar surface area (TPSA) is 95.9 Å². The molecule has 0 atom stereocenters. The van der Waals surface area contributed by atoms with Crippen molar-refractivity contribution in [3.63, 3.8) is 0 Å². The number of aryl methyl sites for hydroxylation is 2. The molecular formula is C22H23NO5. The molecule has 3 aromatic carbocycles. The van der Waals surface area contributed by atoms with Crippen LogP contribution in [0.1, 0.15) is 16.7 Å². The number of hydrogen-bond acceptors (Lipinski definition) is 4. The van der Waals surface area contributed by atoms with Crippen molar-refractivity contribution < 1.29 is 24.5 Å². The maximum Gasteiger partial charge on any atom is 0.414 e. The summed E-state index contributed by atoms with van der Waals surface area (Å²) in [5.74, 6) is -2.73. The summed E-state index contributed by atoms with van der Waals surface area (Å²) in [4.78, 5) is 18.2. The molecule has 3 rings (SSSR count). The lowest BCUT2D eigenvalue weighted by Crippen LogP contribution is -2.09. The summed E-state index contributed by atoms with van der Waals surface area (Å²) in [6.07, 6.45) is 0. The summed E-state index contributed by atoms with van der Waals surface area (Å²) in [5.41, 5.74) is 5.06. The van der Waals surface area contributed by atoms with E-state index in [1.807, 2.05) is 12.1 Å². The smallest absolute Gasteiger partial charge is 0.414 e. The van der Waals surface area contributed by atoms with Gasteiger partial charge in [-0.2, -0.15) is 0 Å². The fourth-order valence-corrected chi connectivity index (χ4v) is 2.71. The molecule has 0 saturated carbocycles. The summed E-state index contributed by atoms with van der Waals surface area (Å²) in [6.45, 7) is 5.08. The van der Waals surface area contributed by atoms with Gasteiger partial charge in [-0.05, 0) is 54.1 Å². The van der Waals surface area contributed by atoms with Gasteiger partial charge in [-0.1, -0.05) is 36.4 Å². The average molecular weight is 381 g/mol. The van der Waals surface area contributed by atoms with E-state index in [-0.39, 0.29) is 0 Å². The highest BCUT2D eigenvalue weighted by atomic mass is 16.5. The number of benzene rings is 3. The van der Waals surface area contributed by atoms with Crippen molar-refractivity contribution in [3.8, 4) is 5.75 Å². The van der Waals surface area contributed by atoms with Crippen LogP contribution in [0.4, 0.5) is 5.69 Å². The van der Waals surface area contributed by atoms with Gasteiger partial charge in [0.05, 0.1) is 7.11 Å². The number of aliphatic carboxylic acids is 2. The number of carbonyl (C=O) groups is 2. The van der Waals surface area contributed by atoms with Crippen LogP contribution < -0.4 is 10.1 Å². The Morgan fingerprint density at radius 2 is 1.54 bits per heavy atom. The molecule has 6 heteroatoms. The van der Waals surface area contributed by atoms with Crippen LogP contribution in [0, 0.1) is 13.8 Å². The Bertz CT molecular complexity index is 985. The third-order valence-electron chi connectivity index (χ3n) is 4.37. The summed E-state index contributed by atoms with van der Waals surface area (Å²) < 4.78 is 5.45. The van der Waals surface area contributed by atoms with Crippen molar-refractivity contribution in [2.24, 2.45) is 0 Å². The molecule has 0 aliphatic rings. The summed E-state index contributed by atoms with van der Waals surface area (Å²) in [7, 11) is 1.72. The van der Waals surface area contributed by atoms with E-state index < -0.39 is 11.9 Å². The molecule has 0 saturated heterocycles. The minimum absolute atomic E-state index is 0.799. The van der Waals surface area contributed by atoms with Gasteiger partial charge in [0.2, 0.25) is 0 Å². The molecule has 6 nitrogen and oxygen atoms in total. The molecule has 0 spiro atoms. The first-order valence-corrected chi connectivity index (χ1v) is 8.65. The van der Waals surface area contributed by atoms with Crippen molar-refractivity contribution >= 4 is 28.4 Å². The molecule has 28 heavy (non-hydrogen) atoms. The van der Waals surface area contributed by atoms with E-state index in [2.05, 4.69) is 61.6 Å². The normalized spacial score (nSPS) is 9.96. The Morgan fingerprint density at radius 1 is 0.893 bits per heavy atom. The number of anilines is 1. The third kappa shape index (κ3) is 5.23. The summed E-state index contributed by atoms with van der Waals surface area (Å²) in [6, 6.07) is 19.0. The van der Waals surface area contributed by atoms with Crippen molar-refractivity contribution in [1.82, 2.24) is 0 Å². The number of fused-ring (bicyclic) bond motifs is 1. The first kappa shape index (κ1) is 20.8. The molecule has 3 N–H and O–H groups in total. The predicted octanol–water partition coefficient (Wildman–Crippen LogP) is 4.23. The van der Waals surface area contributed by atoms with Gasteiger partial charge >= 0.3 is 11.9 Å². The maximum absolute atomic E-state index is 9.10. The van der Waals surface area contributed by atoms with Crippen molar-refractivity contribution in [2.45, 2.75) is 20.4 Å². The third-order valence-corrected chi connectivity index (χ3v) is 4.37. The fourth-order valence-electron chi connectivity index (χ4n) is 2.71. The molecular weight excluding hydrogens is 358 g/mol. The molecule has 0 unspecified atom stereocenters. The van der Waals surface area contributed by atoms with E-state index >= 15 is 0 Å². The molecule has 0 radical (unpaired) electrons. The highest BCUT2D eigenvalue weighted by molar-refractivity contribution is 6.27. The van der Waals surface area contributed by atoms with Crippen LogP contribution in [0.2, 0.25) is 0 Å². The zero-order valence-corrected chi connectivity index (χ0v) is 16.0. The Labute approximate surface area is 163 Å². The van der Waals surface area contributed by atoms with E-state index in [4.69, 9.17) is 24.5 Å². The molecule has 0 aromatic heterocycles. The molecule has 0 aliphatic heterocycles. The van der Waals surface area contributed by atoms with Crippen LogP contribution in [-0.4, -0.2) is 29.3 Å². The van der Waals surface area contributed by atoms with Crippen LogP contribution in [0.25, 0.3) is 10.8 Å². The molecule has 0 bridgehead atoms. The number of ether oxygens (including phenoxy) is 1. The molecule has 0 fully saturated rings. The van der Waals surface area contributed by atoms with Gasteiger partial charge in [-0.25, -0.2) is 9.59 Å². The lowest BCUT2D eigenvalue weighted by molar-refractivity contribution is -0.159. The number of hydrogen-bond donors (Lipinski definition) is 3. The molecule has 3 aromatic rings. The number of nitrogens with one attached hydrogen (secondary N) is 1. The first-order chi connectivity index (χ1) is 13.3. The zero-order chi connectivity index (χ0) is 20.7. The van der Waals surface area contributed by atoms with E-state index in [1.165, 1.54) is 22.1 Å². The summed E-state index contributed by atoms with van der Waals surface area (Å²) in [5, 5.41) is 20.7. The highest BCUT2D eigenvalue weighted by Crippen LogP contribution is 2.28. The van der Waals surface area contributed by atoms with Gasteiger partial charge < -0.3 is 20.3 Å². The highest BCUT2D eigenvalue weighted by Gasteiger charge is 2.06. The molecule has 146 valence electrons. The van der Waals surface area contributed by atoms with Crippen LogP contribution >= 0.6 is 0 Å². The number of carboxylic acid groups (broad SMARTS) is 2. The van der Waals surface area contributed by atoms with Crippen LogP contribution in [0.3, 0.4) is 0 Å². The van der Waals surface area contributed by atoms with Gasteiger partial charge in [0.25, 0.3) is 0 Å². The van der Waals surface area contributed by atoms with Gasteiger partial charge in [0.15, 0.2) is 0 Å². The van der Waals surface area contributed by atoms with E-state index in [0.29, 0.717) is 0 Å².